The Kier molecular flexibility index (Phi) is 5.87. The Labute approximate surface area is 142 Å². The highest BCUT2D eigenvalue weighted by atomic mass is 16.5. The first kappa shape index (κ1) is 17.9. The summed E-state index contributed by atoms with van der Waals surface area (Å²) in [5, 5.41) is 12.2. The van der Waals surface area contributed by atoms with E-state index < -0.39 is 0 Å². The van der Waals surface area contributed by atoms with E-state index >= 15 is 0 Å². The zero-order valence-corrected chi connectivity index (χ0v) is 14.9. The molecule has 1 amide bonds. The van der Waals surface area contributed by atoms with Crippen LogP contribution < -0.4 is 10.1 Å². The van der Waals surface area contributed by atoms with Crippen molar-refractivity contribution in [2.75, 3.05) is 32.6 Å². The minimum Gasteiger partial charge on any atom is -0.492 e. The molecule has 1 heterocycles. The zero-order valence-electron chi connectivity index (χ0n) is 14.9. The predicted octanol–water partition coefficient (Wildman–Crippen LogP) is 2.70. The molecule has 2 aromatic rings. The number of likely N-dealkylation sites (N-methyl/N-ethyl adjacent to an activating group) is 1. The van der Waals surface area contributed by atoms with Gasteiger partial charge in [0.2, 0.25) is 5.91 Å². The Morgan fingerprint density at radius 2 is 2.04 bits per heavy atom. The molecule has 0 fully saturated rings. The lowest BCUT2D eigenvalue weighted by Gasteiger charge is -2.13. The number of amides is 1. The van der Waals surface area contributed by atoms with Crippen LogP contribution >= 0.6 is 0 Å². The lowest BCUT2D eigenvalue weighted by atomic mass is 10.1. The molecule has 24 heavy (non-hydrogen) atoms. The molecule has 0 bridgehead atoms. The van der Waals surface area contributed by atoms with Gasteiger partial charge in [-0.2, -0.15) is 10.2 Å². The first-order chi connectivity index (χ1) is 11.4. The summed E-state index contributed by atoms with van der Waals surface area (Å²) in [7, 11) is 3.90. The molecule has 2 rings (SSSR count). The van der Waals surface area contributed by atoms with E-state index in [0.717, 1.165) is 22.2 Å². The van der Waals surface area contributed by atoms with E-state index in [0.29, 0.717) is 24.6 Å². The first-order valence-electron chi connectivity index (χ1n) is 7.95. The van der Waals surface area contributed by atoms with E-state index in [4.69, 9.17) is 4.74 Å². The quantitative estimate of drug-likeness (QED) is 0.826. The Balaban J connectivity index is 2.36. The van der Waals surface area contributed by atoms with Crippen LogP contribution in [0.25, 0.3) is 10.9 Å². The number of aromatic nitrogens is 2. The molecule has 0 spiro atoms. The second-order valence-electron chi connectivity index (χ2n) is 5.86. The normalized spacial score (nSPS) is 11.4. The third-order valence-electron chi connectivity index (χ3n) is 3.65. The summed E-state index contributed by atoms with van der Waals surface area (Å²) < 4.78 is 5.64. The third-order valence-corrected chi connectivity index (χ3v) is 3.65. The molecule has 1 N–H and O–H groups in total. The largest absolute Gasteiger partial charge is 0.492 e. The highest BCUT2D eigenvalue weighted by Crippen LogP contribution is 2.31. The van der Waals surface area contributed by atoms with E-state index in [-0.39, 0.29) is 5.91 Å². The number of nitrogens with zero attached hydrogens (tertiary/aromatic N) is 3. The second kappa shape index (κ2) is 7.88. The number of hydrogen-bond acceptors (Lipinski definition) is 5. The third kappa shape index (κ3) is 4.29. The van der Waals surface area contributed by atoms with Crippen LogP contribution in [0.4, 0.5) is 5.69 Å². The van der Waals surface area contributed by atoms with Gasteiger partial charge in [0, 0.05) is 24.1 Å². The molecule has 0 aliphatic heterocycles. The van der Waals surface area contributed by atoms with Gasteiger partial charge in [0.05, 0.1) is 23.5 Å². The maximum Gasteiger partial charge on any atom is 0.248 e. The van der Waals surface area contributed by atoms with Gasteiger partial charge in [-0.15, -0.1) is 0 Å². The molecule has 6 heteroatoms. The van der Waals surface area contributed by atoms with Gasteiger partial charge in [0.25, 0.3) is 0 Å². The van der Waals surface area contributed by atoms with Gasteiger partial charge in [-0.25, -0.2) is 0 Å². The average molecular weight is 328 g/mol. The fraction of sp³-hybridized carbons (Fsp3) is 0.389. The first-order valence-corrected chi connectivity index (χ1v) is 7.95. The minimum atomic E-state index is -0.187. The van der Waals surface area contributed by atoms with Crippen molar-refractivity contribution in [3.05, 3.63) is 35.5 Å². The molecule has 0 radical (unpaired) electrons. The van der Waals surface area contributed by atoms with Crippen LogP contribution in [-0.4, -0.2) is 48.3 Å². The smallest absolute Gasteiger partial charge is 0.248 e. The highest BCUT2D eigenvalue weighted by molar-refractivity contribution is 6.02. The summed E-state index contributed by atoms with van der Waals surface area (Å²) in [4.78, 5) is 14.1. The van der Waals surface area contributed by atoms with Crippen molar-refractivity contribution in [3.8, 4) is 5.75 Å². The van der Waals surface area contributed by atoms with Crippen molar-refractivity contribution in [2.24, 2.45) is 0 Å². The maximum absolute atomic E-state index is 12.1. The maximum atomic E-state index is 12.1. The molecule has 128 valence electrons. The summed E-state index contributed by atoms with van der Waals surface area (Å²) in [5.41, 5.74) is 3.30. The number of anilines is 1. The zero-order chi connectivity index (χ0) is 17.7. The number of nitrogens with one attached hydrogen (secondary N) is 1. The number of carbonyl (C=O) groups is 1. The molecule has 0 atom stereocenters. The Bertz CT molecular complexity index is 769. The van der Waals surface area contributed by atoms with Gasteiger partial charge >= 0.3 is 0 Å². The Hall–Kier alpha value is -2.47. The average Bonchev–Trinajstić information content (AvgIpc) is 2.52. The summed E-state index contributed by atoms with van der Waals surface area (Å²) in [5.74, 6) is 0.408. The van der Waals surface area contributed by atoms with E-state index in [9.17, 15) is 4.79 Å². The molecular weight excluding hydrogens is 304 g/mol. The second-order valence-corrected chi connectivity index (χ2v) is 5.86. The van der Waals surface area contributed by atoms with Crippen molar-refractivity contribution in [3.63, 3.8) is 0 Å². The molecular formula is C18H24N4O2. The summed E-state index contributed by atoms with van der Waals surface area (Å²) >= 11 is 0. The lowest BCUT2D eigenvalue weighted by molar-refractivity contribution is -0.111. The van der Waals surface area contributed by atoms with Crippen molar-refractivity contribution >= 4 is 22.5 Å². The van der Waals surface area contributed by atoms with Crippen molar-refractivity contribution in [1.29, 1.82) is 0 Å². The Morgan fingerprint density at radius 3 is 2.71 bits per heavy atom. The van der Waals surface area contributed by atoms with Crippen LogP contribution in [0.1, 0.15) is 18.2 Å². The SMILES string of the molecule is CCOc1cc2nnc(C)c(C)c2cc1NC(=O)/C=C/CN(C)C. The van der Waals surface area contributed by atoms with Crippen LogP contribution in [0, 0.1) is 13.8 Å². The predicted molar refractivity (Wildman–Crippen MR) is 96.5 cm³/mol. The molecule has 0 unspecified atom stereocenters. The van der Waals surface area contributed by atoms with Crippen LogP contribution in [0.5, 0.6) is 5.75 Å². The number of carbonyl (C=O) groups excluding carboxylic acids is 1. The lowest BCUT2D eigenvalue weighted by Crippen LogP contribution is -2.13. The summed E-state index contributed by atoms with van der Waals surface area (Å²) in [6, 6.07) is 3.71. The van der Waals surface area contributed by atoms with Crippen molar-refractivity contribution in [1.82, 2.24) is 15.1 Å². The number of fused-ring (bicyclic) bond motifs is 1. The van der Waals surface area contributed by atoms with Crippen molar-refractivity contribution < 1.29 is 9.53 Å². The fourth-order valence-electron chi connectivity index (χ4n) is 2.27. The minimum absolute atomic E-state index is 0.187. The van der Waals surface area contributed by atoms with E-state index in [1.54, 1.807) is 0 Å². The van der Waals surface area contributed by atoms with Gasteiger partial charge in [0.1, 0.15) is 5.75 Å². The number of ether oxygens (including phenoxy) is 1. The number of hydrogen-bond donors (Lipinski definition) is 1. The van der Waals surface area contributed by atoms with Gasteiger partial charge in [-0.05, 0) is 46.5 Å². The number of rotatable bonds is 6. The molecule has 1 aromatic carbocycles. The monoisotopic (exact) mass is 328 g/mol. The topological polar surface area (TPSA) is 67.4 Å². The van der Waals surface area contributed by atoms with Gasteiger partial charge in [0.15, 0.2) is 0 Å². The van der Waals surface area contributed by atoms with Gasteiger partial charge in [-0.1, -0.05) is 6.08 Å². The van der Waals surface area contributed by atoms with Gasteiger partial charge < -0.3 is 15.0 Å². The molecule has 0 saturated heterocycles. The standard InChI is InChI=1S/C18H24N4O2/c1-6-24-17-11-15-14(12(2)13(3)20-21-15)10-16(17)19-18(23)8-7-9-22(4)5/h7-8,10-11H,6,9H2,1-5H3,(H,19,23)/b8-7+. The molecule has 1 aromatic heterocycles. The molecule has 0 aliphatic carbocycles. The van der Waals surface area contributed by atoms with Gasteiger partial charge in [-0.3, -0.25) is 4.79 Å². The molecule has 0 aliphatic rings. The number of aryl methyl sites for hydroxylation is 2. The summed E-state index contributed by atoms with van der Waals surface area (Å²) in [6.07, 6.45) is 3.35. The van der Waals surface area contributed by atoms with E-state index in [1.807, 2.05) is 58.0 Å². The number of benzene rings is 1. The van der Waals surface area contributed by atoms with E-state index in [2.05, 4.69) is 15.5 Å². The Morgan fingerprint density at radius 1 is 1.29 bits per heavy atom. The van der Waals surface area contributed by atoms with Crippen LogP contribution in [-0.2, 0) is 4.79 Å². The fourth-order valence-corrected chi connectivity index (χ4v) is 2.27. The van der Waals surface area contributed by atoms with Crippen LogP contribution in [0.15, 0.2) is 24.3 Å². The molecule has 0 saturated carbocycles. The van der Waals surface area contributed by atoms with Crippen LogP contribution in [0.3, 0.4) is 0 Å². The van der Waals surface area contributed by atoms with Crippen LogP contribution in [0.2, 0.25) is 0 Å². The molecule has 6 nitrogen and oxygen atoms in total. The van der Waals surface area contributed by atoms with Crippen molar-refractivity contribution in [2.45, 2.75) is 20.8 Å². The summed E-state index contributed by atoms with van der Waals surface area (Å²) in [6.45, 7) is 7.02. The van der Waals surface area contributed by atoms with E-state index in [1.165, 1.54) is 6.08 Å². The highest BCUT2D eigenvalue weighted by Gasteiger charge is 2.12.